The number of carbonyl (C=O) groups is 2. The van der Waals surface area contributed by atoms with Crippen molar-refractivity contribution in [2.45, 2.75) is 44.6 Å². The van der Waals surface area contributed by atoms with Gasteiger partial charge in [0.05, 0.1) is 0 Å². The minimum absolute atomic E-state index is 0. The predicted octanol–water partition coefficient (Wildman–Crippen LogP) is 1.92. The third kappa shape index (κ3) is 3.67. The summed E-state index contributed by atoms with van der Waals surface area (Å²) in [4.78, 5) is 24.2. The highest BCUT2D eigenvalue weighted by atomic mass is 35.5. The molecule has 0 radical (unpaired) electrons. The quantitative estimate of drug-likeness (QED) is 0.744. The molecule has 116 valence electrons. The summed E-state index contributed by atoms with van der Waals surface area (Å²) >= 11 is 0. The lowest BCUT2D eigenvalue weighted by molar-refractivity contribution is -0.125. The highest BCUT2D eigenvalue weighted by Gasteiger charge is 2.39. The summed E-state index contributed by atoms with van der Waals surface area (Å²) < 4.78 is 0. The van der Waals surface area contributed by atoms with Crippen LogP contribution in [0.2, 0.25) is 0 Å². The minimum atomic E-state index is -0.910. The second kappa shape index (κ2) is 6.80. The Hall–Kier alpha value is -1.75. The van der Waals surface area contributed by atoms with E-state index in [1.807, 2.05) is 6.92 Å². The van der Waals surface area contributed by atoms with Gasteiger partial charge in [0.2, 0.25) is 5.91 Å². The Kier molecular flexibility index (Phi) is 5.61. The van der Waals surface area contributed by atoms with Crippen molar-refractivity contribution in [2.75, 3.05) is 5.73 Å². The molecule has 1 aromatic carbocycles. The number of primary amides is 1. The lowest BCUT2D eigenvalue weighted by Crippen LogP contribution is -2.58. The van der Waals surface area contributed by atoms with Crippen molar-refractivity contribution in [1.82, 2.24) is 5.32 Å². The molecule has 21 heavy (non-hydrogen) atoms. The number of nitrogen functional groups attached to an aromatic ring is 1. The van der Waals surface area contributed by atoms with Gasteiger partial charge in [-0.15, -0.1) is 12.4 Å². The maximum absolute atomic E-state index is 12.4. The molecule has 1 aromatic rings. The largest absolute Gasteiger partial charge is 0.399 e. The van der Waals surface area contributed by atoms with E-state index in [9.17, 15) is 9.59 Å². The zero-order valence-electron chi connectivity index (χ0n) is 12.1. The number of nitrogens with one attached hydrogen (secondary N) is 1. The number of carbonyl (C=O) groups excluding carboxylic acids is 2. The molecule has 1 aliphatic rings. The number of amides is 2. The van der Waals surface area contributed by atoms with Gasteiger partial charge in [-0.25, -0.2) is 0 Å². The standard InChI is InChI=1S/C15H21N3O2.ClH/c1-10-5-6-11(16)9-12(10)13(19)18-15(14(17)20)7-3-2-4-8-15;/h5-6,9H,2-4,7-8,16H2,1H3,(H2,17,20)(H,18,19);1H. The third-order valence-corrected chi connectivity index (χ3v) is 4.04. The first-order valence-corrected chi connectivity index (χ1v) is 6.93. The van der Waals surface area contributed by atoms with E-state index in [1.165, 1.54) is 0 Å². The van der Waals surface area contributed by atoms with Gasteiger partial charge in [0.25, 0.3) is 5.91 Å². The van der Waals surface area contributed by atoms with Crippen molar-refractivity contribution in [1.29, 1.82) is 0 Å². The van der Waals surface area contributed by atoms with E-state index in [2.05, 4.69) is 5.32 Å². The molecule has 2 amide bonds. The van der Waals surface area contributed by atoms with Crippen molar-refractivity contribution < 1.29 is 9.59 Å². The summed E-state index contributed by atoms with van der Waals surface area (Å²) in [7, 11) is 0. The van der Waals surface area contributed by atoms with Crippen LogP contribution in [-0.4, -0.2) is 17.4 Å². The number of hydrogen-bond acceptors (Lipinski definition) is 3. The third-order valence-electron chi connectivity index (χ3n) is 4.04. The Morgan fingerprint density at radius 1 is 1.19 bits per heavy atom. The van der Waals surface area contributed by atoms with E-state index < -0.39 is 11.4 Å². The van der Waals surface area contributed by atoms with Crippen LogP contribution in [0.4, 0.5) is 5.69 Å². The minimum Gasteiger partial charge on any atom is -0.399 e. The van der Waals surface area contributed by atoms with Gasteiger partial charge in [-0.2, -0.15) is 0 Å². The fourth-order valence-corrected chi connectivity index (χ4v) is 2.76. The molecule has 5 nitrogen and oxygen atoms in total. The molecule has 1 saturated carbocycles. The van der Waals surface area contributed by atoms with Crippen molar-refractivity contribution in [3.63, 3.8) is 0 Å². The Morgan fingerprint density at radius 2 is 1.81 bits per heavy atom. The van der Waals surface area contributed by atoms with Gasteiger partial charge in [0.15, 0.2) is 0 Å². The average molecular weight is 312 g/mol. The summed E-state index contributed by atoms with van der Waals surface area (Å²) in [6, 6.07) is 5.17. The van der Waals surface area contributed by atoms with Crippen LogP contribution < -0.4 is 16.8 Å². The van der Waals surface area contributed by atoms with Crippen LogP contribution in [0.1, 0.15) is 48.0 Å². The zero-order chi connectivity index (χ0) is 14.8. The van der Waals surface area contributed by atoms with Gasteiger partial charge in [-0.05, 0) is 37.5 Å². The van der Waals surface area contributed by atoms with E-state index in [4.69, 9.17) is 11.5 Å². The summed E-state index contributed by atoms with van der Waals surface area (Å²) in [5.74, 6) is -0.734. The molecule has 0 unspecified atom stereocenters. The van der Waals surface area contributed by atoms with E-state index >= 15 is 0 Å². The zero-order valence-corrected chi connectivity index (χ0v) is 13.0. The van der Waals surface area contributed by atoms with Gasteiger partial charge in [0.1, 0.15) is 5.54 Å². The average Bonchev–Trinajstić information content (AvgIpc) is 2.42. The molecule has 0 aliphatic heterocycles. The Bertz CT molecular complexity index is 540. The SMILES string of the molecule is Cc1ccc(N)cc1C(=O)NC1(C(N)=O)CCCCC1.Cl. The first-order chi connectivity index (χ1) is 9.44. The van der Waals surface area contributed by atoms with Gasteiger partial charge >= 0.3 is 0 Å². The lowest BCUT2D eigenvalue weighted by Gasteiger charge is -2.35. The number of nitrogens with two attached hydrogens (primary N) is 2. The summed E-state index contributed by atoms with van der Waals surface area (Å²) in [6.45, 7) is 1.84. The van der Waals surface area contributed by atoms with Gasteiger partial charge < -0.3 is 16.8 Å². The van der Waals surface area contributed by atoms with Crippen LogP contribution in [0.3, 0.4) is 0 Å². The molecule has 1 aliphatic carbocycles. The van der Waals surface area contributed by atoms with Crippen molar-refractivity contribution in [3.05, 3.63) is 29.3 Å². The van der Waals surface area contributed by atoms with E-state index in [1.54, 1.807) is 18.2 Å². The van der Waals surface area contributed by atoms with Crippen molar-refractivity contribution in [3.8, 4) is 0 Å². The maximum Gasteiger partial charge on any atom is 0.252 e. The van der Waals surface area contributed by atoms with Gasteiger partial charge in [-0.3, -0.25) is 9.59 Å². The van der Waals surface area contributed by atoms with Gasteiger partial charge in [-0.1, -0.05) is 25.3 Å². The molecule has 0 atom stereocenters. The molecule has 0 aromatic heterocycles. The van der Waals surface area contributed by atoms with Gasteiger partial charge in [0, 0.05) is 11.3 Å². The normalized spacial score (nSPS) is 16.6. The molecular weight excluding hydrogens is 290 g/mol. The number of benzene rings is 1. The summed E-state index contributed by atoms with van der Waals surface area (Å²) in [6.07, 6.45) is 4.09. The molecule has 0 heterocycles. The number of rotatable bonds is 3. The molecule has 0 bridgehead atoms. The fraction of sp³-hybridized carbons (Fsp3) is 0.467. The molecule has 1 fully saturated rings. The first kappa shape index (κ1) is 17.3. The van der Waals surface area contributed by atoms with Crippen LogP contribution in [0, 0.1) is 6.92 Å². The van der Waals surface area contributed by atoms with Crippen molar-refractivity contribution in [2.24, 2.45) is 5.73 Å². The summed E-state index contributed by atoms with van der Waals surface area (Å²) in [5.41, 5.74) is 12.2. The van der Waals surface area contributed by atoms with Crippen LogP contribution in [0.25, 0.3) is 0 Å². The molecule has 5 N–H and O–H groups in total. The highest BCUT2D eigenvalue weighted by Crippen LogP contribution is 2.28. The Morgan fingerprint density at radius 3 is 2.38 bits per heavy atom. The van der Waals surface area contributed by atoms with Crippen LogP contribution in [0.5, 0.6) is 0 Å². The molecule has 0 spiro atoms. The van der Waals surface area contributed by atoms with Crippen LogP contribution in [-0.2, 0) is 4.79 Å². The Balaban J connectivity index is 0.00000220. The second-order valence-corrected chi connectivity index (χ2v) is 5.54. The van der Waals surface area contributed by atoms with Crippen molar-refractivity contribution >= 4 is 29.9 Å². The second-order valence-electron chi connectivity index (χ2n) is 5.54. The van der Waals surface area contributed by atoms with E-state index in [-0.39, 0.29) is 18.3 Å². The number of hydrogen-bond donors (Lipinski definition) is 3. The first-order valence-electron chi connectivity index (χ1n) is 6.93. The highest BCUT2D eigenvalue weighted by molar-refractivity contribution is 6.00. The monoisotopic (exact) mass is 311 g/mol. The smallest absolute Gasteiger partial charge is 0.252 e. The lowest BCUT2D eigenvalue weighted by atomic mass is 9.80. The molecule has 0 saturated heterocycles. The number of anilines is 1. The van der Waals surface area contributed by atoms with Crippen LogP contribution >= 0.6 is 12.4 Å². The number of aryl methyl sites for hydroxylation is 1. The Labute approximate surface area is 130 Å². The molecule has 2 rings (SSSR count). The van der Waals surface area contributed by atoms with E-state index in [0.717, 1.165) is 24.8 Å². The van der Waals surface area contributed by atoms with Crippen LogP contribution in [0.15, 0.2) is 18.2 Å². The summed E-state index contributed by atoms with van der Waals surface area (Å²) in [5, 5.41) is 2.85. The fourth-order valence-electron chi connectivity index (χ4n) is 2.76. The predicted molar refractivity (Wildman–Crippen MR) is 85.3 cm³/mol. The topological polar surface area (TPSA) is 98.2 Å². The number of halogens is 1. The maximum atomic E-state index is 12.4. The molecular formula is C15H22ClN3O2. The van der Waals surface area contributed by atoms with E-state index in [0.29, 0.717) is 24.1 Å². The molecule has 6 heteroatoms.